The SMILES string of the molecule is Nc1cc(NC(=O)[N-]c2c[n+](Cc3ccccn3)no2)cc(C(F)(F)F)c1. The average molecular weight is 378 g/mol. The van der Waals surface area contributed by atoms with Crippen LogP contribution in [0.25, 0.3) is 5.32 Å². The van der Waals surface area contributed by atoms with Gasteiger partial charge in [0, 0.05) is 11.9 Å². The third-order valence-corrected chi connectivity index (χ3v) is 3.29. The Bertz CT molecular complexity index is 943. The Morgan fingerprint density at radius 1 is 1.30 bits per heavy atom. The molecule has 3 rings (SSSR count). The van der Waals surface area contributed by atoms with Crippen LogP contribution in [0.15, 0.2) is 53.3 Å². The van der Waals surface area contributed by atoms with Crippen LogP contribution in [0.2, 0.25) is 0 Å². The van der Waals surface area contributed by atoms with E-state index in [1.54, 1.807) is 18.3 Å². The van der Waals surface area contributed by atoms with Gasteiger partial charge in [-0.25, -0.2) is 0 Å². The lowest BCUT2D eigenvalue weighted by atomic mass is 10.1. The number of pyridine rings is 1. The molecule has 3 N–H and O–H groups in total. The first-order chi connectivity index (χ1) is 12.8. The summed E-state index contributed by atoms with van der Waals surface area (Å²) >= 11 is 0. The van der Waals surface area contributed by atoms with Gasteiger partial charge in [0.2, 0.25) is 18.6 Å². The molecule has 0 aliphatic carbocycles. The van der Waals surface area contributed by atoms with Gasteiger partial charge in [0.1, 0.15) is 5.69 Å². The van der Waals surface area contributed by atoms with Crippen LogP contribution >= 0.6 is 0 Å². The molecule has 0 atom stereocenters. The Hall–Kier alpha value is -3.63. The van der Waals surface area contributed by atoms with Crippen LogP contribution < -0.4 is 15.7 Å². The minimum absolute atomic E-state index is 0.122. The number of benzene rings is 1. The minimum atomic E-state index is -4.59. The van der Waals surface area contributed by atoms with Gasteiger partial charge in [0.15, 0.2) is 11.3 Å². The lowest BCUT2D eigenvalue weighted by Gasteiger charge is -2.16. The zero-order valence-corrected chi connectivity index (χ0v) is 13.6. The van der Waals surface area contributed by atoms with Crippen molar-refractivity contribution in [2.45, 2.75) is 12.7 Å². The zero-order chi connectivity index (χ0) is 19.4. The van der Waals surface area contributed by atoms with Crippen molar-refractivity contribution >= 4 is 23.3 Å². The number of carbonyl (C=O) groups excluding carboxylic acids is 1. The number of aromatic nitrogens is 3. The number of amides is 2. The number of hydrogen-bond donors (Lipinski definition) is 2. The lowest BCUT2D eigenvalue weighted by Crippen LogP contribution is -2.35. The first-order valence-electron chi connectivity index (χ1n) is 7.56. The second-order valence-electron chi connectivity index (χ2n) is 5.44. The van der Waals surface area contributed by atoms with Gasteiger partial charge in [-0.2, -0.15) is 13.2 Å². The summed E-state index contributed by atoms with van der Waals surface area (Å²) in [6.07, 6.45) is -1.61. The summed E-state index contributed by atoms with van der Waals surface area (Å²) in [5, 5.41) is 9.49. The molecule has 11 heteroatoms. The largest absolute Gasteiger partial charge is 0.424 e. The number of alkyl halides is 3. The molecule has 2 aromatic heterocycles. The fourth-order valence-corrected chi connectivity index (χ4v) is 2.19. The zero-order valence-electron chi connectivity index (χ0n) is 13.6. The van der Waals surface area contributed by atoms with E-state index in [0.717, 1.165) is 12.1 Å². The molecular weight excluding hydrogens is 365 g/mol. The van der Waals surface area contributed by atoms with Crippen LogP contribution in [0, 0.1) is 0 Å². The molecule has 0 fully saturated rings. The summed E-state index contributed by atoms with van der Waals surface area (Å²) < 4.78 is 44.6. The number of nitrogen functional groups attached to an aromatic ring is 1. The second kappa shape index (κ2) is 7.32. The first-order valence-corrected chi connectivity index (χ1v) is 7.56. The fourth-order valence-electron chi connectivity index (χ4n) is 2.19. The standard InChI is InChI=1S/C16H13F3N6O2/c17-16(18,19)10-5-11(20)7-13(6-10)22-15(26)23-14-9-25(24-27-14)8-12-3-1-2-4-21-12/h1-7,9H,8,20H2,(H-,22,23,24,26). The molecule has 2 heterocycles. The molecule has 0 saturated carbocycles. The van der Waals surface area contributed by atoms with Gasteiger partial charge in [-0.3, -0.25) is 9.78 Å². The maximum absolute atomic E-state index is 12.8. The Labute approximate surface area is 150 Å². The second-order valence-corrected chi connectivity index (χ2v) is 5.44. The highest BCUT2D eigenvalue weighted by atomic mass is 19.4. The Balaban J connectivity index is 1.64. The van der Waals surface area contributed by atoms with E-state index < -0.39 is 17.8 Å². The molecule has 0 aliphatic rings. The maximum Gasteiger partial charge on any atom is 0.416 e. The highest BCUT2D eigenvalue weighted by molar-refractivity contribution is 6.03. The van der Waals surface area contributed by atoms with Gasteiger partial charge in [0.25, 0.3) is 0 Å². The summed E-state index contributed by atoms with van der Waals surface area (Å²) in [6.45, 7) is 0.297. The van der Waals surface area contributed by atoms with Gasteiger partial charge >= 0.3 is 6.18 Å². The molecule has 0 aliphatic heterocycles. The molecule has 3 aromatic rings. The highest BCUT2D eigenvalue weighted by Gasteiger charge is 2.30. The molecule has 2 amide bonds. The Morgan fingerprint density at radius 3 is 2.81 bits per heavy atom. The van der Waals surface area contributed by atoms with Crippen molar-refractivity contribution in [3.8, 4) is 0 Å². The normalized spacial score (nSPS) is 11.2. The van der Waals surface area contributed by atoms with Gasteiger partial charge in [0.05, 0.1) is 5.56 Å². The predicted octanol–water partition coefficient (Wildman–Crippen LogP) is 3.24. The van der Waals surface area contributed by atoms with Crippen molar-refractivity contribution in [2.24, 2.45) is 0 Å². The number of nitrogens with zero attached hydrogens (tertiary/aromatic N) is 4. The number of urea groups is 1. The van der Waals surface area contributed by atoms with Gasteiger partial charge in [-0.05, 0) is 40.7 Å². The number of nitrogens with one attached hydrogen (secondary N) is 1. The molecule has 0 spiro atoms. The number of rotatable bonds is 4. The molecule has 0 unspecified atom stereocenters. The van der Waals surface area contributed by atoms with Crippen molar-refractivity contribution in [2.75, 3.05) is 11.1 Å². The lowest BCUT2D eigenvalue weighted by molar-refractivity contribution is -0.755. The summed E-state index contributed by atoms with van der Waals surface area (Å²) in [5.74, 6) is -0.122. The average Bonchev–Trinajstić information content (AvgIpc) is 3.01. The van der Waals surface area contributed by atoms with E-state index >= 15 is 0 Å². The van der Waals surface area contributed by atoms with E-state index in [2.05, 4.69) is 20.9 Å². The Kier molecular flexibility index (Phi) is 4.92. The van der Waals surface area contributed by atoms with Crippen molar-refractivity contribution < 1.29 is 27.2 Å². The van der Waals surface area contributed by atoms with E-state index in [9.17, 15) is 18.0 Å². The molecule has 1 aromatic carbocycles. The van der Waals surface area contributed by atoms with E-state index in [0.29, 0.717) is 12.2 Å². The van der Waals surface area contributed by atoms with Crippen LogP contribution in [0.5, 0.6) is 0 Å². The molecule has 140 valence electrons. The van der Waals surface area contributed by atoms with Crippen molar-refractivity contribution in [3.63, 3.8) is 0 Å². The van der Waals surface area contributed by atoms with Crippen LogP contribution in [-0.2, 0) is 12.7 Å². The van der Waals surface area contributed by atoms with Gasteiger partial charge in [-0.15, -0.1) is 0 Å². The topological polar surface area (TPSA) is 112 Å². The van der Waals surface area contributed by atoms with Gasteiger partial charge in [-0.1, -0.05) is 6.07 Å². The van der Waals surface area contributed by atoms with E-state index in [4.69, 9.17) is 10.3 Å². The molecule has 0 saturated heterocycles. The smallest absolute Gasteiger partial charge is 0.416 e. The van der Waals surface area contributed by atoms with E-state index in [-0.39, 0.29) is 17.3 Å². The number of nitrogens with two attached hydrogens (primary N) is 1. The van der Waals surface area contributed by atoms with Crippen LogP contribution in [0.1, 0.15) is 11.3 Å². The van der Waals surface area contributed by atoms with Crippen LogP contribution in [-0.4, -0.2) is 16.3 Å². The molecule has 0 radical (unpaired) electrons. The van der Waals surface area contributed by atoms with Crippen molar-refractivity contribution in [3.05, 3.63) is 65.4 Å². The molecular formula is C16H13F3N6O2. The molecule has 27 heavy (non-hydrogen) atoms. The summed E-state index contributed by atoms with van der Waals surface area (Å²) in [5.41, 5.74) is 4.89. The number of hydrogen-bond acceptors (Lipinski definition) is 5. The Morgan fingerprint density at radius 2 is 2.11 bits per heavy atom. The van der Waals surface area contributed by atoms with Gasteiger partial charge < -0.3 is 20.9 Å². The molecule has 0 bridgehead atoms. The minimum Gasteiger partial charge on any atom is -0.424 e. The highest BCUT2D eigenvalue weighted by Crippen LogP contribution is 2.33. The number of halogens is 3. The van der Waals surface area contributed by atoms with Crippen LogP contribution in [0.4, 0.5) is 35.2 Å². The summed E-state index contributed by atoms with van der Waals surface area (Å²) in [7, 11) is 0. The predicted molar refractivity (Wildman–Crippen MR) is 87.9 cm³/mol. The van der Waals surface area contributed by atoms with E-state index in [1.807, 2.05) is 6.07 Å². The van der Waals surface area contributed by atoms with Crippen molar-refractivity contribution in [1.29, 1.82) is 0 Å². The quantitative estimate of drug-likeness (QED) is 0.535. The van der Waals surface area contributed by atoms with Crippen molar-refractivity contribution in [1.82, 2.24) is 10.3 Å². The fraction of sp³-hybridized carbons (Fsp3) is 0.125. The van der Waals surface area contributed by atoms with E-state index in [1.165, 1.54) is 16.9 Å². The monoisotopic (exact) mass is 378 g/mol. The summed E-state index contributed by atoms with van der Waals surface area (Å²) in [6, 6.07) is 7.13. The number of anilines is 2. The third kappa shape index (κ3) is 4.93. The third-order valence-electron chi connectivity index (χ3n) is 3.29. The summed E-state index contributed by atoms with van der Waals surface area (Å²) in [4.78, 5) is 16.0. The first kappa shape index (κ1) is 18.2. The molecule has 8 nitrogen and oxygen atoms in total. The maximum atomic E-state index is 12.8. The number of carbonyl (C=O) groups is 1. The van der Waals surface area contributed by atoms with Crippen LogP contribution in [0.3, 0.4) is 0 Å².